The third-order valence-electron chi connectivity index (χ3n) is 10.9. The van der Waals surface area contributed by atoms with Gasteiger partial charge in [0, 0.05) is 58.6 Å². The first-order valence-corrected chi connectivity index (χ1v) is 20.0. The van der Waals surface area contributed by atoms with Gasteiger partial charge >= 0.3 is 0 Å². The molecule has 0 spiro atoms. The molecule has 57 heavy (non-hydrogen) atoms. The zero-order valence-corrected chi connectivity index (χ0v) is 31.6. The summed E-state index contributed by atoms with van der Waals surface area (Å²) in [5, 5.41) is 6.20. The van der Waals surface area contributed by atoms with Gasteiger partial charge in [-0.25, -0.2) is 15.0 Å². The van der Waals surface area contributed by atoms with Gasteiger partial charge in [0.2, 0.25) is 0 Å². The highest BCUT2D eigenvalue weighted by Crippen LogP contribution is 2.44. The molecular formula is C53H33N3S. The van der Waals surface area contributed by atoms with Crippen LogP contribution in [-0.2, 0) is 0 Å². The molecule has 0 saturated heterocycles. The van der Waals surface area contributed by atoms with Gasteiger partial charge in [-0.3, -0.25) is 0 Å². The van der Waals surface area contributed by atoms with Crippen LogP contribution in [0.5, 0.6) is 0 Å². The average Bonchev–Trinajstić information content (AvgIpc) is 3.68. The normalized spacial score (nSPS) is 11.5. The molecule has 0 saturated carbocycles. The molecule has 0 unspecified atom stereocenters. The van der Waals surface area contributed by atoms with Gasteiger partial charge in [-0.2, -0.15) is 0 Å². The average molecular weight is 744 g/mol. The van der Waals surface area contributed by atoms with Crippen molar-refractivity contribution in [2.24, 2.45) is 0 Å². The van der Waals surface area contributed by atoms with Crippen molar-refractivity contribution in [2.75, 3.05) is 0 Å². The molecule has 0 aliphatic rings. The zero-order chi connectivity index (χ0) is 37.7. The fourth-order valence-electron chi connectivity index (χ4n) is 8.09. The Morgan fingerprint density at radius 1 is 0.298 bits per heavy atom. The van der Waals surface area contributed by atoms with Crippen LogP contribution < -0.4 is 0 Å². The van der Waals surface area contributed by atoms with Gasteiger partial charge in [-0.15, -0.1) is 11.3 Å². The van der Waals surface area contributed by atoms with Crippen molar-refractivity contribution >= 4 is 53.2 Å². The maximum Gasteiger partial charge on any atom is 0.160 e. The standard InChI is InChI=1S/C53H33N3S/c1-4-13-34(14-5-1)39-19-12-20-41(31-39)46-33-45(55-53(56-46)38-17-8-3-9-18-38)36-25-23-35(24-26-36)40-27-28-42-47(32-40)54-52(37-15-6-2-7-16-37)44-29-30-49-51(50(42)44)43-21-10-11-22-48(43)57-49/h1-33H. The molecule has 0 N–H and O–H groups in total. The summed E-state index contributed by atoms with van der Waals surface area (Å²) in [5.41, 5.74) is 12.5. The third-order valence-corrected chi connectivity index (χ3v) is 12.0. The van der Waals surface area contributed by atoms with Crippen LogP contribution in [0.1, 0.15) is 0 Å². The van der Waals surface area contributed by atoms with Crippen molar-refractivity contribution in [3.05, 3.63) is 200 Å². The van der Waals surface area contributed by atoms with Crippen molar-refractivity contribution in [1.82, 2.24) is 15.0 Å². The van der Waals surface area contributed by atoms with Crippen molar-refractivity contribution < 1.29 is 0 Å². The van der Waals surface area contributed by atoms with Gasteiger partial charge in [0.25, 0.3) is 0 Å². The summed E-state index contributed by atoms with van der Waals surface area (Å²) >= 11 is 1.86. The smallest absolute Gasteiger partial charge is 0.160 e. The van der Waals surface area contributed by atoms with E-state index in [4.69, 9.17) is 15.0 Å². The van der Waals surface area contributed by atoms with Crippen LogP contribution in [0.3, 0.4) is 0 Å². The predicted octanol–water partition coefficient (Wildman–Crippen LogP) is 14.5. The fraction of sp³-hybridized carbons (Fsp3) is 0. The lowest BCUT2D eigenvalue weighted by Gasteiger charge is -2.13. The molecule has 3 heterocycles. The summed E-state index contributed by atoms with van der Waals surface area (Å²) < 4.78 is 2.59. The van der Waals surface area contributed by atoms with Crippen LogP contribution in [0, 0.1) is 0 Å². The van der Waals surface area contributed by atoms with Gasteiger partial charge in [-0.05, 0) is 52.6 Å². The van der Waals surface area contributed by atoms with Crippen LogP contribution in [0.2, 0.25) is 0 Å². The number of aromatic nitrogens is 3. The molecule has 3 nitrogen and oxygen atoms in total. The lowest BCUT2D eigenvalue weighted by molar-refractivity contribution is 1.18. The van der Waals surface area contributed by atoms with E-state index < -0.39 is 0 Å². The quantitative estimate of drug-likeness (QED) is 0.159. The first-order chi connectivity index (χ1) is 28.2. The first kappa shape index (κ1) is 33.1. The number of benzene rings is 8. The molecule has 266 valence electrons. The fourth-order valence-corrected chi connectivity index (χ4v) is 9.20. The maximum atomic E-state index is 5.39. The van der Waals surface area contributed by atoms with Crippen LogP contribution in [0.15, 0.2) is 200 Å². The van der Waals surface area contributed by atoms with Gasteiger partial charge in [0.1, 0.15) is 0 Å². The van der Waals surface area contributed by atoms with Gasteiger partial charge in [-0.1, -0.05) is 170 Å². The van der Waals surface area contributed by atoms with Crippen LogP contribution >= 0.6 is 11.3 Å². The van der Waals surface area contributed by atoms with Crippen molar-refractivity contribution in [2.45, 2.75) is 0 Å². The minimum absolute atomic E-state index is 0.701. The van der Waals surface area contributed by atoms with E-state index in [0.717, 1.165) is 66.9 Å². The van der Waals surface area contributed by atoms with Gasteiger partial charge < -0.3 is 0 Å². The van der Waals surface area contributed by atoms with E-state index in [0.29, 0.717) is 5.82 Å². The number of hydrogen-bond acceptors (Lipinski definition) is 4. The van der Waals surface area contributed by atoms with Crippen molar-refractivity contribution in [3.8, 4) is 67.4 Å². The third kappa shape index (κ3) is 5.95. The summed E-state index contributed by atoms with van der Waals surface area (Å²) in [6.45, 7) is 0. The molecule has 11 rings (SSSR count). The van der Waals surface area contributed by atoms with E-state index in [2.05, 4.69) is 176 Å². The Morgan fingerprint density at radius 3 is 1.63 bits per heavy atom. The van der Waals surface area contributed by atoms with Crippen LogP contribution in [0.4, 0.5) is 0 Å². The lowest BCUT2D eigenvalue weighted by atomic mass is 9.94. The molecule has 0 radical (unpaired) electrons. The van der Waals surface area contributed by atoms with Gasteiger partial charge in [0.05, 0.1) is 22.6 Å². The zero-order valence-electron chi connectivity index (χ0n) is 30.8. The molecule has 0 amide bonds. The Kier molecular flexibility index (Phi) is 8.01. The summed E-state index contributed by atoms with van der Waals surface area (Å²) in [4.78, 5) is 15.6. The predicted molar refractivity (Wildman–Crippen MR) is 240 cm³/mol. The van der Waals surface area contributed by atoms with E-state index in [1.807, 2.05) is 35.6 Å². The molecule has 0 fully saturated rings. The molecular weight excluding hydrogens is 711 g/mol. The van der Waals surface area contributed by atoms with Crippen LogP contribution in [0.25, 0.3) is 109 Å². The molecule has 0 aliphatic heterocycles. The monoisotopic (exact) mass is 743 g/mol. The second-order valence-corrected chi connectivity index (χ2v) is 15.5. The summed E-state index contributed by atoms with van der Waals surface area (Å²) in [7, 11) is 0. The van der Waals surface area contributed by atoms with E-state index >= 15 is 0 Å². The Labute approximate surface area is 334 Å². The number of thiophene rings is 1. The van der Waals surface area contributed by atoms with E-state index in [1.54, 1.807) is 0 Å². The topological polar surface area (TPSA) is 38.7 Å². The van der Waals surface area contributed by atoms with Crippen molar-refractivity contribution in [3.63, 3.8) is 0 Å². The Bertz CT molecular complexity index is 3260. The Balaban J connectivity index is 1.03. The van der Waals surface area contributed by atoms with E-state index in [9.17, 15) is 0 Å². The number of nitrogens with zero attached hydrogens (tertiary/aromatic N) is 3. The summed E-state index contributed by atoms with van der Waals surface area (Å²) in [6.07, 6.45) is 0. The van der Waals surface area contributed by atoms with Crippen LogP contribution in [-0.4, -0.2) is 15.0 Å². The number of rotatable bonds is 6. The van der Waals surface area contributed by atoms with E-state index in [1.165, 1.54) is 36.5 Å². The summed E-state index contributed by atoms with van der Waals surface area (Å²) in [6, 6.07) is 70.7. The number of hydrogen-bond donors (Lipinski definition) is 0. The highest BCUT2D eigenvalue weighted by molar-refractivity contribution is 7.26. The SMILES string of the molecule is c1ccc(-c2cccc(-c3cc(-c4ccc(-c5ccc6c(c5)nc(-c5ccccc5)c5ccc7sc8ccccc8c7c56)cc4)nc(-c4ccccc4)n3)c2)cc1. The molecule has 8 aromatic carbocycles. The highest BCUT2D eigenvalue weighted by atomic mass is 32.1. The second-order valence-electron chi connectivity index (χ2n) is 14.4. The second kappa shape index (κ2) is 13.8. The van der Waals surface area contributed by atoms with Gasteiger partial charge in [0.15, 0.2) is 5.82 Å². The summed E-state index contributed by atoms with van der Waals surface area (Å²) in [5.74, 6) is 0.701. The van der Waals surface area contributed by atoms with Crippen molar-refractivity contribution in [1.29, 1.82) is 0 Å². The molecule has 0 atom stereocenters. The largest absolute Gasteiger partial charge is 0.247 e. The van der Waals surface area contributed by atoms with E-state index in [-0.39, 0.29) is 0 Å². The molecule has 4 heteroatoms. The lowest BCUT2D eigenvalue weighted by Crippen LogP contribution is -1.96. The molecule has 0 bridgehead atoms. The maximum absolute atomic E-state index is 5.39. The Hall–Kier alpha value is -7.27. The molecule has 0 aliphatic carbocycles. The highest BCUT2D eigenvalue weighted by Gasteiger charge is 2.17. The minimum Gasteiger partial charge on any atom is -0.247 e. The first-order valence-electron chi connectivity index (χ1n) is 19.2. The minimum atomic E-state index is 0.701. The molecule has 3 aromatic heterocycles. The number of fused-ring (bicyclic) bond motifs is 7. The Morgan fingerprint density at radius 2 is 0.860 bits per heavy atom. The number of pyridine rings is 1. The molecule has 11 aromatic rings.